The van der Waals surface area contributed by atoms with E-state index >= 15 is 0 Å². The van der Waals surface area contributed by atoms with Gasteiger partial charge in [-0.3, -0.25) is 9.78 Å². The van der Waals surface area contributed by atoms with E-state index in [9.17, 15) is 31.1 Å². The second kappa shape index (κ2) is 13.9. The smallest absolute Gasteiger partial charge is 0.477 e. The summed E-state index contributed by atoms with van der Waals surface area (Å²) in [5.41, 5.74) is 0.440. The molecule has 4 heterocycles. The Balaban J connectivity index is 0.000000333. The van der Waals surface area contributed by atoms with E-state index in [1.54, 1.807) is 24.7 Å². The van der Waals surface area contributed by atoms with Crippen LogP contribution in [-0.2, 0) is 14.3 Å². The molecule has 16 heteroatoms. The van der Waals surface area contributed by atoms with Gasteiger partial charge in [0.05, 0.1) is 18.3 Å². The van der Waals surface area contributed by atoms with E-state index in [0.29, 0.717) is 31.1 Å². The van der Waals surface area contributed by atoms with E-state index in [1.165, 1.54) is 0 Å². The highest BCUT2D eigenvalue weighted by molar-refractivity contribution is 5.94. The van der Waals surface area contributed by atoms with Crippen LogP contribution < -0.4 is 4.74 Å². The number of amides is 1. The van der Waals surface area contributed by atoms with Crippen molar-refractivity contribution in [3.63, 3.8) is 0 Å². The highest BCUT2D eigenvalue weighted by Gasteiger charge is 2.48. The fourth-order valence-corrected chi connectivity index (χ4v) is 4.00. The lowest BCUT2D eigenvalue weighted by atomic mass is 9.73. The molecule has 2 N–H and O–H groups in total. The van der Waals surface area contributed by atoms with E-state index in [0.717, 1.165) is 25.9 Å². The van der Waals surface area contributed by atoms with Crippen molar-refractivity contribution in [2.24, 2.45) is 5.41 Å². The van der Waals surface area contributed by atoms with Crippen molar-refractivity contribution in [1.29, 1.82) is 0 Å². The number of pyridine rings is 2. The molecule has 2 saturated heterocycles. The first-order chi connectivity index (χ1) is 18.7. The predicted octanol–water partition coefficient (Wildman–Crippen LogP) is 3.83. The third-order valence-electron chi connectivity index (χ3n) is 5.81. The summed E-state index contributed by atoms with van der Waals surface area (Å²) in [5.74, 6) is -4.87. The summed E-state index contributed by atoms with van der Waals surface area (Å²) < 4.78 is 75.5. The van der Waals surface area contributed by atoms with Crippen LogP contribution in [0.5, 0.6) is 5.88 Å². The monoisotopic (exact) mass is 581 g/mol. The van der Waals surface area contributed by atoms with Gasteiger partial charge < -0.3 is 24.6 Å². The Kier molecular flexibility index (Phi) is 11.2. The molecule has 2 atom stereocenters. The van der Waals surface area contributed by atoms with Crippen molar-refractivity contribution in [1.82, 2.24) is 14.9 Å². The van der Waals surface area contributed by atoms with Crippen LogP contribution in [-0.4, -0.2) is 87.7 Å². The Morgan fingerprint density at radius 3 is 2.20 bits per heavy atom. The molecule has 0 aromatic carbocycles. The standard InChI is InChI=1S/C20H23N3O3.2C2HF3O2/c24-19(16-5-3-9-21-13-16)23-11-7-17-20(14-23,8-4-12-25-17)15-26-18-6-1-2-10-22-18;2*3-2(4,5)1(6)7/h1-3,5-6,9-10,13,17H,4,7-8,11-12,14-15H2;2*(H,6,7). The van der Waals surface area contributed by atoms with Gasteiger partial charge in [0.1, 0.15) is 0 Å². The Hall–Kier alpha value is -3.95. The lowest BCUT2D eigenvalue weighted by molar-refractivity contribution is -0.193. The third kappa shape index (κ3) is 9.66. The lowest BCUT2D eigenvalue weighted by Crippen LogP contribution is -2.58. The maximum Gasteiger partial charge on any atom is 0.490 e. The molecule has 4 rings (SSSR count). The Labute approximate surface area is 223 Å². The molecule has 2 aliphatic rings. The van der Waals surface area contributed by atoms with E-state index < -0.39 is 24.3 Å². The van der Waals surface area contributed by atoms with Gasteiger partial charge >= 0.3 is 24.3 Å². The van der Waals surface area contributed by atoms with E-state index in [-0.39, 0.29) is 17.4 Å². The fourth-order valence-electron chi connectivity index (χ4n) is 4.00. The van der Waals surface area contributed by atoms with Gasteiger partial charge in [-0.25, -0.2) is 14.6 Å². The molecular weight excluding hydrogens is 556 g/mol. The van der Waals surface area contributed by atoms with Crippen LogP contribution in [0.15, 0.2) is 48.9 Å². The van der Waals surface area contributed by atoms with E-state index in [1.807, 2.05) is 29.2 Å². The number of alkyl halides is 6. The third-order valence-corrected chi connectivity index (χ3v) is 5.81. The number of rotatable bonds is 4. The van der Waals surface area contributed by atoms with E-state index in [2.05, 4.69) is 9.97 Å². The second-order valence-electron chi connectivity index (χ2n) is 8.64. The number of aromatic nitrogens is 2. The second-order valence-corrected chi connectivity index (χ2v) is 8.64. The molecule has 2 aromatic rings. The summed E-state index contributed by atoms with van der Waals surface area (Å²) in [6, 6.07) is 9.25. The van der Waals surface area contributed by atoms with Crippen LogP contribution in [0.1, 0.15) is 29.6 Å². The first kappa shape index (κ1) is 32.3. The van der Waals surface area contributed by atoms with E-state index in [4.69, 9.17) is 29.3 Å². The molecule has 0 bridgehead atoms. The largest absolute Gasteiger partial charge is 0.490 e. The van der Waals surface area contributed by atoms with Crippen molar-refractivity contribution in [2.45, 2.75) is 37.7 Å². The SMILES string of the molecule is O=C(O)C(F)(F)F.O=C(O)C(F)(F)F.O=C(c1cccnc1)N1CCC2OCCCC2(COc2ccccn2)C1. The maximum absolute atomic E-state index is 12.9. The Morgan fingerprint density at radius 1 is 1.02 bits per heavy atom. The number of aliphatic carboxylic acids is 2. The van der Waals surface area contributed by atoms with Gasteiger partial charge in [-0.1, -0.05) is 6.07 Å². The van der Waals surface area contributed by atoms with Gasteiger partial charge in [-0.15, -0.1) is 0 Å². The minimum atomic E-state index is -5.08. The zero-order valence-corrected chi connectivity index (χ0v) is 20.7. The quantitative estimate of drug-likeness (QED) is 0.516. The molecule has 220 valence electrons. The molecular formula is C24H25F6N3O7. The molecule has 0 aliphatic carbocycles. The summed E-state index contributed by atoms with van der Waals surface area (Å²) in [4.78, 5) is 40.9. The van der Waals surface area contributed by atoms with Gasteiger partial charge in [0.15, 0.2) is 0 Å². The van der Waals surface area contributed by atoms with Crippen LogP contribution in [0.25, 0.3) is 0 Å². The minimum Gasteiger partial charge on any atom is -0.477 e. The van der Waals surface area contributed by atoms with Crippen LogP contribution >= 0.6 is 0 Å². The summed E-state index contributed by atoms with van der Waals surface area (Å²) in [6.45, 7) is 2.63. The molecule has 0 spiro atoms. The number of likely N-dealkylation sites (tertiary alicyclic amines) is 1. The number of carboxylic acids is 2. The number of hydrogen-bond donors (Lipinski definition) is 2. The fraction of sp³-hybridized carbons (Fsp3) is 0.458. The summed E-state index contributed by atoms with van der Waals surface area (Å²) in [5, 5.41) is 14.2. The highest BCUT2D eigenvalue weighted by atomic mass is 19.4. The van der Waals surface area contributed by atoms with Gasteiger partial charge in [0.2, 0.25) is 5.88 Å². The first-order valence-electron chi connectivity index (χ1n) is 11.6. The molecule has 2 aliphatic heterocycles. The highest BCUT2D eigenvalue weighted by Crippen LogP contribution is 2.41. The molecule has 40 heavy (non-hydrogen) atoms. The molecule has 0 saturated carbocycles. The van der Waals surface area contributed by atoms with Gasteiger partial charge in [0, 0.05) is 49.8 Å². The minimum absolute atomic E-state index is 0.0272. The number of piperidine rings is 1. The van der Waals surface area contributed by atoms with Crippen molar-refractivity contribution in [2.75, 3.05) is 26.3 Å². The zero-order chi connectivity index (χ0) is 30.0. The molecule has 10 nitrogen and oxygen atoms in total. The summed E-state index contributed by atoms with van der Waals surface area (Å²) in [7, 11) is 0. The van der Waals surface area contributed by atoms with Crippen molar-refractivity contribution in [3.8, 4) is 5.88 Å². The predicted molar refractivity (Wildman–Crippen MR) is 123 cm³/mol. The molecule has 1 amide bonds. The lowest BCUT2D eigenvalue weighted by Gasteiger charge is -2.50. The number of carboxylic acid groups (broad SMARTS) is 2. The van der Waals surface area contributed by atoms with Gasteiger partial charge in [-0.2, -0.15) is 26.3 Å². The average Bonchev–Trinajstić information content (AvgIpc) is 2.92. The number of nitrogens with zero attached hydrogens (tertiary/aromatic N) is 3. The number of ether oxygens (including phenoxy) is 2. The van der Waals surface area contributed by atoms with Crippen molar-refractivity contribution < 1.29 is 60.4 Å². The summed E-state index contributed by atoms with van der Waals surface area (Å²) in [6.07, 6.45) is -2.21. The molecule has 2 aromatic heterocycles. The molecule has 2 fully saturated rings. The Morgan fingerprint density at radius 2 is 1.68 bits per heavy atom. The topological polar surface area (TPSA) is 139 Å². The number of hydrogen-bond acceptors (Lipinski definition) is 7. The average molecular weight is 581 g/mol. The Bertz CT molecular complexity index is 1100. The van der Waals surface area contributed by atoms with Crippen LogP contribution in [0.4, 0.5) is 26.3 Å². The zero-order valence-electron chi connectivity index (χ0n) is 20.7. The number of fused-ring (bicyclic) bond motifs is 1. The normalized spacial score (nSPS) is 20.4. The first-order valence-corrected chi connectivity index (χ1v) is 11.6. The maximum atomic E-state index is 12.9. The van der Waals surface area contributed by atoms with Crippen LogP contribution in [0, 0.1) is 5.41 Å². The van der Waals surface area contributed by atoms with Crippen LogP contribution in [0.2, 0.25) is 0 Å². The van der Waals surface area contributed by atoms with Gasteiger partial charge in [-0.05, 0) is 37.5 Å². The van der Waals surface area contributed by atoms with Crippen LogP contribution in [0.3, 0.4) is 0 Å². The molecule has 2 unspecified atom stereocenters. The number of carbonyl (C=O) groups is 3. The van der Waals surface area contributed by atoms with Crippen molar-refractivity contribution in [3.05, 3.63) is 54.5 Å². The number of carbonyl (C=O) groups excluding carboxylic acids is 1. The molecule has 0 radical (unpaired) electrons. The summed E-state index contributed by atoms with van der Waals surface area (Å²) >= 11 is 0. The van der Waals surface area contributed by atoms with Crippen molar-refractivity contribution >= 4 is 17.8 Å². The number of halogens is 6. The van der Waals surface area contributed by atoms with Gasteiger partial charge in [0.25, 0.3) is 5.91 Å².